The van der Waals surface area contributed by atoms with Crippen molar-refractivity contribution in [3.05, 3.63) is 71.7 Å². The summed E-state index contributed by atoms with van der Waals surface area (Å²) in [5, 5.41) is 11.4. The van der Waals surface area contributed by atoms with Crippen LogP contribution in [0.5, 0.6) is 0 Å². The number of aromatic nitrogens is 1. The van der Waals surface area contributed by atoms with Crippen LogP contribution in [-0.4, -0.2) is 34.6 Å². The van der Waals surface area contributed by atoms with Crippen LogP contribution in [0.1, 0.15) is 49.8 Å². The molecule has 6 heteroatoms. The second-order valence-corrected chi connectivity index (χ2v) is 8.24. The predicted molar refractivity (Wildman–Crippen MR) is 125 cm³/mol. The summed E-state index contributed by atoms with van der Waals surface area (Å²) in [5.41, 5.74) is 4.43. The number of carbonyl (C=O) groups is 2. The average molecular weight is 448 g/mol. The van der Waals surface area contributed by atoms with E-state index in [1.54, 1.807) is 31.2 Å². The maximum Gasteiger partial charge on any atom is 0.313 e. The largest absolute Gasteiger partial charge is 0.466 e. The lowest BCUT2D eigenvalue weighted by Crippen LogP contribution is -2.16. The number of hydrogen-bond acceptors (Lipinski definition) is 5. The fraction of sp³-hybridized carbons (Fsp3) is 0.296. The Morgan fingerprint density at radius 2 is 1.91 bits per heavy atom. The number of aliphatic hydroxyl groups is 1. The monoisotopic (exact) mass is 447 g/mol. The number of ketones is 1. The second kappa shape index (κ2) is 10.0. The van der Waals surface area contributed by atoms with Crippen LogP contribution in [0.25, 0.3) is 28.1 Å². The Hall–Kier alpha value is -3.38. The molecular formula is C27H26FNO4. The van der Waals surface area contributed by atoms with Crippen LogP contribution < -0.4 is 0 Å². The smallest absolute Gasteiger partial charge is 0.313 e. The van der Waals surface area contributed by atoms with Gasteiger partial charge in [-0.1, -0.05) is 42.5 Å². The lowest BCUT2D eigenvalue weighted by Gasteiger charge is -2.16. The minimum atomic E-state index is -1.05. The molecule has 4 rings (SSSR count). The minimum absolute atomic E-state index is 0.180. The van der Waals surface area contributed by atoms with E-state index in [4.69, 9.17) is 9.72 Å². The number of nitrogens with zero attached hydrogens (tertiary/aromatic N) is 1. The van der Waals surface area contributed by atoms with Gasteiger partial charge in [-0.15, -0.1) is 0 Å². The molecular weight excluding hydrogens is 421 g/mol. The van der Waals surface area contributed by atoms with Crippen LogP contribution in [0.2, 0.25) is 0 Å². The van der Waals surface area contributed by atoms with Crippen LogP contribution in [0.15, 0.2) is 54.6 Å². The molecule has 0 amide bonds. The fourth-order valence-corrected chi connectivity index (χ4v) is 3.96. The van der Waals surface area contributed by atoms with Gasteiger partial charge in [0.15, 0.2) is 0 Å². The van der Waals surface area contributed by atoms with Crippen LogP contribution in [0, 0.1) is 5.82 Å². The van der Waals surface area contributed by atoms with E-state index in [1.165, 1.54) is 12.1 Å². The molecule has 5 nitrogen and oxygen atoms in total. The highest BCUT2D eigenvalue weighted by atomic mass is 19.1. The number of hydrogen-bond donors (Lipinski definition) is 1. The van der Waals surface area contributed by atoms with Gasteiger partial charge >= 0.3 is 5.97 Å². The van der Waals surface area contributed by atoms with E-state index in [0.717, 1.165) is 46.1 Å². The zero-order valence-corrected chi connectivity index (χ0v) is 18.5. The van der Waals surface area contributed by atoms with Crippen molar-refractivity contribution in [1.29, 1.82) is 0 Å². The van der Waals surface area contributed by atoms with Gasteiger partial charge in [0.05, 0.1) is 23.9 Å². The molecule has 1 fully saturated rings. The lowest BCUT2D eigenvalue weighted by molar-refractivity contribution is -0.145. The highest BCUT2D eigenvalue weighted by Crippen LogP contribution is 2.45. The van der Waals surface area contributed by atoms with Crippen LogP contribution >= 0.6 is 0 Å². The van der Waals surface area contributed by atoms with Crippen molar-refractivity contribution in [2.24, 2.45) is 0 Å². The first-order valence-corrected chi connectivity index (χ1v) is 11.2. The first kappa shape index (κ1) is 22.8. The Balaban J connectivity index is 1.71. The van der Waals surface area contributed by atoms with Gasteiger partial charge in [0, 0.05) is 28.9 Å². The van der Waals surface area contributed by atoms with E-state index in [1.807, 2.05) is 24.3 Å². The van der Waals surface area contributed by atoms with Crippen LogP contribution in [-0.2, 0) is 14.3 Å². The Kier molecular flexibility index (Phi) is 6.94. The molecule has 2 aromatic carbocycles. The Morgan fingerprint density at radius 1 is 1.18 bits per heavy atom. The number of esters is 1. The maximum atomic E-state index is 13.6. The summed E-state index contributed by atoms with van der Waals surface area (Å²) < 4.78 is 18.4. The molecule has 1 N–H and O–H groups in total. The third-order valence-electron chi connectivity index (χ3n) is 5.63. The van der Waals surface area contributed by atoms with E-state index in [2.05, 4.69) is 0 Å². The number of fused-ring (bicyclic) bond motifs is 1. The summed E-state index contributed by atoms with van der Waals surface area (Å²) in [7, 11) is 0. The topological polar surface area (TPSA) is 76.5 Å². The summed E-state index contributed by atoms with van der Waals surface area (Å²) in [6.07, 6.45) is 3.85. The molecule has 170 valence electrons. The van der Waals surface area contributed by atoms with E-state index in [9.17, 15) is 19.1 Å². The third-order valence-corrected chi connectivity index (χ3v) is 5.63. The zero-order valence-electron chi connectivity index (χ0n) is 18.5. The molecule has 0 aliphatic heterocycles. The number of benzene rings is 2. The fourth-order valence-electron chi connectivity index (χ4n) is 3.96. The number of carbonyl (C=O) groups excluding carboxylic acids is 2. The van der Waals surface area contributed by atoms with Crippen molar-refractivity contribution in [3.8, 4) is 11.1 Å². The highest BCUT2D eigenvalue weighted by Gasteiger charge is 2.29. The molecule has 1 aliphatic rings. The van der Waals surface area contributed by atoms with E-state index in [-0.39, 0.29) is 31.0 Å². The van der Waals surface area contributed by atoms with Crippen molar-refractivity contribution < 1.29 is 23.8 Å². The van der Waals surface area contributed by atoms with Gasteiger partial charge < -0.3 is 9.84 Å². The number of halogens is 1. The number of pyridine rings is 1. The molecule has 1 heterocycles. The second-order valence-electron chi connectivity index (χ2n) is 8.24. The predicted octanol–water partition coefficient (Wildman–Crippen LogP) is 5.20. The maximum absolute atomic E-state index is 13.6. The zero-order chi connectivity index (χ0) is 23.4. The van der Waals surface area contributed by atoms with Gasteiger partial charge in [-0.2, -0.15) is 0 Å². The molecule has 33 heavy (non-hydrogen) atoms. The van der Waals surface area contributed by atoms with E-state index in [0.29, 0.717) is 5.92 Å². The number of aliphatic hydroxyl groups excluding tert-OH is 1. The molecule has 0 spiro atoms. The van der Waals surface area contributed by atoms with Crippen molar-refractivity contribution in [1.82, 2.24) is 4.98 Å². The number of rotatable bonds is 9. The van der Waals surface area contributed by atoms with Crippen molar-refractivity contribution in [2.45, 2.75) is 44.6 Å². The molecule has 0 unspecified atom stereocenters. The normalized spacial score (nSPS) is 14.5. The van der Waals surface area contributed by atoms with Gasteiger partial charge in [-0.3, -0.25) is 14.6 Å². The summed E-state index contributed by atoms with van der Waals surface area (Å²) >= 11 is 0. The van der Waals surface area contributed by atoms with Gasteiger partial charge in [-0.25, -0.2) is 4.39 Å². The number of ether oxygens (including phenoxy) is 1. The minimum Gasteiger partial charge on any atom is -0.466 e. The standard InChI is InChI=1S/C27H26FNO4/c1-2-33-25(32)16-21(31)15-20(30)13-14-23-26(17-9-11-19(28)12-10-17)22-5-3-4-6-24(22)29-27(23)18-7-8-18/h3-6,9-14,18,20,30H,2,7-8,15-16H2,1H3/b14-13+/t20-/m1/s1. The summed E-state index contributed by atoms with van der Waals surface area (Å²) in [5.74, 6) is -0.960. The first-order chi connectivity index (χ1) is 16.0. The molecule has 0 bridgehead atoms. The summed E-state index contributed by atoms with van der Waals surface area (Å²) in [6.45, 7) is 1.88. The Bertz CT molecular complexity index is 1200. The van der Waals surface area contributed by atoms with Crippen LogP contribution in [0.3, 0.4) is 0 Å². The van der Waals surface area contributed by atoms with Gasteiger partial charge in [0.1, 0.15) is 18.0 Å². The molecule has 1 saturated carbocycles. The summed E-state index contributed by atoms with van der Waals surface area (Å²) in [4.78, 5) is 28.5. The quantitative estimate of drug-likeness (QED) is 0.360. The average Bonchev–Trinajstić information content (AvgIpc) is 3.63. The summed E-state index contributed by atoms with van der Waals surface area (Å²) in [6, 6.07) is 14.2. The first-order valence-electron chi connectivity index (χ1n) is 11.2. The van der Waals surface area contributed by atoms with E-state index < -0.39 is 12.1 Å². The van der Waals surface area contributed by atoms with Crippen LogP contribution in [0.4, 0.5) is 4.39 Å². The Morgan fingerprint density at radius 3 is 2.61 bits per heavy atom. The molecule has 0 saturated heterocycles. The van der Waals surface area contributed by atoms with Gasteiger partial charge in [0.2, 0.25) is 0 Å². The van der Waals surface area contributed by atoms with E-state index >= 15 is 0 Å². The van der Waals surface area contributed by atoms with Gasteiger partial charge in [-0.05, 0) is 43.5 Å². The van der Waals surface area contributed by atoms with Crippen molar-refractivity contribution >= 4 is 28.7 Å². The molecule has 1 atom stereocenters. The highest BCUT2D eigenvalue weighted by molar-refractivity contribution is 5.99. The van der Waals surface area contributed by atoms with Crippen molar-refractivity contribution in [3.63, 3.8) is 0 Å². The lowest BCUT2D eigenvalue weighted by atomic mass is 9.92. The molecule has 3 aromatic rings. The third kappa shape index (κ3) is 5.52. The molecule has 0 radical (unpaired) electrons. The molecule has 1 aliphatic carbocycles. The Labute approximate surface area is 191 Å². The SMILES string of the molecule is CCOC(=O)CC(=O)C[C@H](O)/C=C/c1c(C2CC2)nc2ccccc2c1-c1ccc(F)cc1. The number of Topliss-reactive ketones (excluding diaryl/α,β-unsaturated/α-hetero) is 1. The molecule has 1 aromatic heterocycles. The number of para-hydroxylation sites is 1. The van der Waals surface area contributed by atoms with Crippen molar-refractivity contribution in [2.75, 3.05) is 6.61 Å². The van der Waals surface area contributed by atoms with Gasteiger partial charge in [0.25, 0.3) is 0 Å².